The third kappa shape index (κ3) is 6.19. The van der Waals surface area contributed by atoms with E-state index in [9.17, 15) is 13.2 Å². The highest BCUT2D eigenvalue weighted by molar-refractivity contribution is 6.31. The standard InChI is InChI=1S/C27H37ClF3N7O/c1-7-35(8-2)13-14-39-21-16-19(28)15-20(18(21)3)36-9-11-37(12-10-36)24-22-23(27(29,30)31)34-38(26(4,5)6)25(22)33-17-32-24/h15-17H,7-14H2,1-6H3. The van der Waals surface area contributed by atoms with Crippen molar-refractivity contribution in [3.8, 4) is 5.75 Å². The van der Waals surface area contributed by atoms with Crippen LogP contribution in [0.15, 0.2) is 18.5 Å². The maximum Gasteiger partial charge on any atom is 0.435 e. The van der Waals surface area contributed by atoms with E-state index in [0.717, 1.165) is 36.6 Å². The van der Waals surface area contributed by atoms with Gasteiger partial charge < -0.3 is 19.4 Å². The fourth-order valence-electron chi connectivity index (χ4n) is 4.95. The fourth-order valence-corrected chi connectivity index (χ4v) is 5.15. The number of fused-ring (bicyclic) bond motifs is 1. The topological polar surface area (TPSA) is 62.6 Å². The first-order valence-electron chi connectivity index (χ1n) is 13.3. The number of hydrogen-bond acceptors (Lipinski definition) is 7. The van der Waals surface area contributed by atoms with Crippen molar-refractivity contribution < 1.29 is 17.9 Å². The van der Waals surface area contributed by atoms with E-state index in [2.05, 4.69) is 38.7 Å². The van der Waals surface area contributed by atoms with Gasteiger partial charge in [0.2, 0.25) is 0 Å². The molecule has 8 nitrogen and oxygen atoms in total. The van der Waals surface area contributed by atoms with Crippen LogP contribution < -0.4 is 14.5 Å². The number of aromatic nitrogens is 4. The number of alkyl halides is 3. The molecular formula is C27H37ClF3N7O. The third-order valence-electron chi connectivity index (χ3n) is 7.13. The number of hydrogen-bond donors (Lipinski definition) is 0. The molecule has 0 radical (unpaired) electrons. The van der Waals surface area contributed by atoms with Crippen LogP contribution in [0.25, 0.3) is 11.0 Å². The van der Waals surface area contributed by atoms with E-state index in [-0.39, 0.29) is 16.9 Å². The highest BCUT2D eigenvalue weighted by atomic mass is 35.5. The van der Waals surface area contributed by atoms with Crippen molar-refractivity contribution in [1.82, 2.24) is 24.6 Å². The first kappa shape index (κ1) is 29.2. The Morgan fingerprint density at radius 3 is 2.23 bits per heavy atom. The van der Waals surface area contributed by atoms with Crippen LogP contribution in [-0.4, -0.2) is 77.1 Å². The van der Waals surface area contributed by atoms with Crippen LogP contribution in [0.5, 0.6) is 5.75 Å². The monoisotopic (exact) mass is 567 g/mol. The summed E-state index contributed by atoms with van der Waals surface area (Å²) in [5, 5.41) is 4.47. The summed E-state index contributed by atoms with van der Waals surface area (Å²) in [6.45, 7) is 17.1. The van der Waals surface area contributed by atoms with Gasteiger partial charge in [-0.2, -0.15) is 18.3 Å². The number of anilines is 2. The Morgan fingerprint density at radius 2 is 1.64 bits per heavy atom. The second-order valence-electron chi connectivity index (χ2n) is 10.7. The number of piperazine rings is 1. The highest BCUT2D eigenvalue weighted by Gasteiger charge is 2.41. The molecule has 0 N–H and O–H groups in total. The Hall–Kier alpha value is -2.79. The lowest BCUT2D eigenvalue weighted by atomic mass is 10.1. The van der Waals surface area contributed by atoms with Gasteiger partial charge in [-0.3, -0.25) is 0 Å². The second-order valence-corrected chi connectivity index (χ2v) is 11.2. The normalized spacial score (nSPS) is 15.1. The van der Waals surface area contributed by atoms with Crippen molar-refractivity contribution in [2.75, 3.05) is 62.2 Å². The fraction of sp³-hybridized carbons (Fsp3) is 0.593. The van der Waals surface area contributed by atoms with E-state index in [0.29, 0.717) is 37.8 Å². The molecule has 0 aliphatic carbocycles. The molecule has 4 rings (SSSR count). The van der Waals surface area contributed by atoms with Crippen LogP contribution in [0.3, 0.4) is 0 Å². The third-order valence-corrected chi connectivity index (χ3v) is 7.34. The molecule has 0 amide bonds. The van der Waals surface area contributed by atoms with Crippen molar-refractivity contribution in [2.45, 2.75) is 53.3 Å². The summed E-state index contributed by atoms with van der Waals surface area (Å²) in [6, 6.07) is 3.75. The summed E-state index contributed by atoms with van der Waals surface area (Å²) in [5.74, 6) is 1.000. The summed E-state index contributed by atoms with van der Waals surface area (Å²) in [6.07, 6.45) is -3.31. The van der Waals surface area contributed by atoms with Crippen LogP contribution in [0, 0.1) is 6.92 Å². The van der Waals surface area contributed by atoms with Crippen LogP contribution in [0.1, 0.15) is 45.9 Å². The maximum atomic E-state index is 14.1. The molecule has 1 saturated heterocycles. The molecular weight excluding hydrogens is 531 g/mol. The zero-order chi connectivity index (χ0) is 28.5. The van der Waals surface area contributed by atoms with E-state index in [4.69, 9.17) is 16.3 Å². The predicted octanol–water partition coefficient (Wildman–Crippen LogP) is 5.61. The van der Waals surface area contributed by atoms with Crippen molar-refractivity contribution in [1.29, 1.82) is 0 Å². The Kier molecular flexibility index (Phi) is 8.51. The molecule has 3 aromatic rings. The molecule has 1 fully saturated rings. The van der Waals surface area contributed by atoms with Gasteiger partial charge in [-0.25, -0.2) is 14.6 Å². The number of nitrogens with zero attached hydrogens (tertiary/aromatic N) is 7. The van der Waals surface area contributed by atoms with E-state index < -0.39 is 17.4 Å². The van der Waals surface area contributed by atoms with Gasteiger partial charge in [0.1, 0.15) is 24.5 Å². The van der Waals surface area contributed by atoms with Crippen LogP contribution in [-0.2, 0) is 11.7 Å². The van der Waals surface area contributed by atoms with Crippen molar-refractivity contribution in [2.24, 2.45) is 0 Å². The van der Waals surface area contributed by atoms with E-state index in [1.807, 2.05) is 24.0 Å². The van der Waals surface area contributed by atoms with Crippen LogP contribution >= 0.6 is 11.6 Å². The quantitative estimate of drug-likeness (QED) is 0.351. The molecule has 12 heteroatoms. The molecule has 0 unspecified atom stereocenters. The molecule has 0 bridgehead atoms. The Balaban J connectivity index is 1.57. The first-order valence-corrected chi connectivity index (χ1v) is 13.7. The van der Waals surface area contributed by atoms with Gasteiger partial charge in [-0.15, -0.1) is 0 Å². The molecule has 3 heterocycles. The van der Waals surface area contributed by atoms with Crippen LogP contribution in [0.4, 0.5) is 24.7 Å². The molecule has 39 heavy (non-hydrogen) atoms. The van der Waals surface area contributed by atoms with E-state index in [1.165, 1.54) is 11.0 Å². The lowest BCUT2D eigenvalue weighted by molar-refractivity contribution is -0.140. The summed E-state index contributed by atoms with van der Waals surface area (Å²) >= 11 is 6.47. The molecule has 0 atom stereocenters. The molecule has 1 aromatic carbocycles. The van der Waals surface area contributed by atoms with Gasteiger partial charge in [0.25, 0.3) is 0 Å². The van der Waals surface area contributed by atoms with Gasteiger partial charge in [-0.05, 0) is 52.9 Å². The van der Waals surface area contributed by atoms with Crippen LogP contribution in [0.2, 0.25) is 5.02 Å². The number of ether oxygens (including phenoxy) is 1. The van der Waals surface area contributed by atoms with E-state index >= 15 is 0 Å². The largest absolute Gasteiger partial charge is 0.492 e. The Bertz CT molecular complexity index is 1290. The second kappa shape index (κ2) is 11.4. The summed E-state index contributed by atoms with van der Waals surface area (Å²) in [4.78, 5) is 14.9. The SMILES string of the molecule is CCN(CC)CCOc1cc(Cl)cc(N2CCN(c3ncnc4c3c(C(F)(F)F)nn4C(C)(C)C)CC2)c1C. The lowest BCUT2D eigenvalue weighted by Crippen LogP contribution is -2.47. The molecule has 2 aromatic heterocycles. The van der Waals surface area contributed by atoms with Crippen molar-refractivity contribution in [3.05, 3.63) is 34.7 Å². The molecule has 0 spiro atoms. The smallest absolute Gasteiger partial charge is 0.435 e. The van der Waals surface area contributed by atoms with Gasteiger partial charge in [0, 0.05) is 49.0 Å². The number of likely N-dealkylation sites (N-methyl/N-ethyl adjacent to an activating group) is 1. The van der Waals surface area contributed by atoms with Crippen molar-refractivity contribution >= 4 is 34.1 Å². The summed E-state index contributed by atoms with van der Waals surface area (Å²) in [7, 11) is 0. The number of halogens is 4. The minimum atomic E-state index is -4.63. The Morgan fingerprint density at radius 1 is 1.00 bits per heavy atom. The lowest BCUT2D eigenvalue weighted by Gasteiger charge is -2.38. The highest BCUT2D eigenvalue weighted by Crippen LogP contribution is 2.39. The average molecular weight is 568 g/mol. The van der Waals surface area contributed by atoms with Gasteiger partial charge >= 0.3 is 6.18 Å². The van der Waals surface area contributed by atoms with E-state index in [1.54, 1.807) is 20.8 Å². The van der Waals surface area contributed by atoms with Gasteiger partial charge in [0.05, 0.1) is 10.9 Å². The van der Waals surface area contributed by atoms with Gasteiger partial charge in [0.15, 0.2) is 11.3 Å². The molecule has 1 aliphatic heterocycles. The first-order chi connectivity index (χ1) is 18.3. The molecule has 0 saturated carbocycles. The summed E-state index contributed by atoms with van der Waals surface area (Å²) < 4.78 is 49.6. The average Bonchev–Trinajstić information content (AvgIpc) is 3.30. The number of rotatable bonds is 8. The molecule has 214 valence electrons. The minimum Gasteiger partial charge on any atom is -0.492 e. The van der Waals surface area contributed by atoms with Gasteiger partial charge in [-0.1, -0.05) is 25.4 Å². The predicted molar refractivity (Wildman–Crippen MR) is 149 cm³/mol. The molecule has 1 aliphatic rings. The zero-order valence-corrected chi connectivity index (χ0v) is 24.2. The minimum absolute atomic E-state index is 0.0591. The Labute approximate surface area is 232 Å². The number of benzene rings is 1. The van der Waals surface area contributed by atoms with Crippen molar-refractivity contribution in [3.63, 3.8) is 0 Å². The maximum absolute atomic E-state index is 14.1. The zero-order valence-electron chi connectivity index (χ0n) is 23.4. The summed E-state index contributed by atoms with van der Waals surface area (Å²) in [5.41, 5.74) is 0.496.